The van der Waals surface area contributed by atoms with Crippen molar-refractivity contribution in [3.63, 3.8) is 0 Å². The number of rotatable bonds is 7. The van der Waals surface area contributed by atoms with Crippen molar-refractivity contribution in [1.82, 2.24) is 9.29 Å². The van der Waals surface area contributed by atoms with Crippen LogP contribution >= 0.6 is 46.1 Å². The standard InChI is InChI=1S/C20H17Cl3N4O5S2/c1-27(34(2,31)32)8-10-9-33-18(16(10)23)20(30)26-17-13(5-12(22)6-14(17)28)19(29)25-15-4-3-11(21)7-24-15/h3-7,9,28H,8H2,1-2H3,(H,26,30)(H,24,25,29). The lowest BCUT2D eigenvalue weighted by Crippen LogP contribution is -2.24. The molecule has 0 atom stereocenters. The van der Waals surface area contributed by atoms with Crippen molar-refractivity contribution in [2.24, 2.45) is 0 Å². The number of nitrogens with one attached hydrogen (secondary N) is 2. The highest BCUT2D eigenvalue weighted by Crippen LogP contribution is 2.35. The van der Waals surface area contributed by atoms with Crippen LogP contribution in [0.15, 0.2) is 35.8 Å². The van der Waals surface area contributed by atoms with Crippen LogP contribution < -0.4 is 10.6 Å². The van der Waals surface area contributed by atoms with E-state index in [2.05, 4.69) is 15.6 Å². The average molecular weight is 564 g/mol. The van der Waals surface area contributed by atoms with Crippen molar-refractivity contribution in [3.8, 4) is 5.75 Å². The number of amides is 2. The fourth-order valence-electron chi connectivity index (χ4n) is 2.70. The van der Waals surface area contributed by atoms with Crippen molar-refractivity contribution in [1.29, 1.82) is 0 Å². The first-order valence-electron chi connectivity index (χ1n) is 9.30. The molecule has 0 unspecified atom stereocenters. The van der Waals surface area contributed by atoms with E-state index < -0.39 is 27.6 Å². The highest BCUT2D eigenvalue weighted by molar-refractivity contribution is 7.88. The van der Waals surface area contributed by atoms with Crippen LogP contribution in [0, 0.1) is 0 Å². The molecule has 34 heavy (non-hydrogen) atoms. The summed E-state index contributed by atoms with van der Waals surface area (Å²) in [4.78, 5) is 29.8. The molecule has 2 aromatic heterocycles. The number of phenols is 1. The number of benzene rings is 1. The van der Waals surface area contributed by atoms with E-state index in [1.165, 1.54) is 31.4 Å². The Hall–Kier alpha value is -2.41. The van der Waals surface area contributed by atoms with Crippen LogP contribution in [0.4, 0.5) is 11.5 Å². The second kappa shape index (κ2) is 10.5. The summed E-state index contributed by atoms with van der Waals surface area (Å²) in [6, 6.07) is 5.44. The molecule has 0 saturated carbocycles. The number of hydrogen-bond acceptors (Lipinski definition) is 7. The summed E-state index contributed by atoms with van der Waals surface area (Å²) in [6.45, 7) is -0.0324. The van der Waals surface area contributed by atoms with Gasteiger partial charge in [-0.15, -0.1) is 11.3 Å². The lowest BCUT2D eigenvalue weighted by Gasteiger charge is -2.14. The molecule has 180 valence electrons. The minimum Gasteiger partial charge on any atom is -0.506 e. The van der Waals surface area contributed by atoms with E-state index >= 15 is 0 Å². The average Bonchev–Trinajstić information content (AvgIpc) is 3.11. The number of phenolic OH excluding ortho intramolecular Hbond substituents is 1. The van der Waals surface area contributed by atoms with Crippen molar-refractivity contribution in [3.05, 3.63) is 66.9 Å². The second-order valence-corrected chi connectivity index (χ2v) is 11.3. The highest BCUT2D eigenvalue weighted by Gasteiger charge is 2.24. The predicted molar refractivity (Wildman–Crippen MR) is 134 cm³/mol. The van der Waals surface area contributed by atoms with Gasteiger partial charge in [-0.05, 0) is 29.1 Å². The molecule has 0 saturated heterocycles. The molecule has 0 aliphatic carbocycles. The first kappa shape index (κ1) is 26.2. The predicted octanol–water partition coefficient (Wildman–Crippen LogP) is 4.70. The quantitative estimate of drug-likeness (QED) is 0.357. The number of hydrogen-bond donors (Lipinski definition) is 3. The number of nitrogens with zero attached hydrogens (tertiary/aromatic N) is 2. The van der Waals surface area contributed by atoms with E-state index in [0.29, 0.717) is 10.6 Å². The lowest BCUT2D eigenvalue weighted by molar-refractivity contribution is 0.102. The largest absolute Gasteiger partial charge is 0.506 e. The van der Waals surface area contributed by atoms with Crippen LogP contribution in [-0.2, 0) is 16.6 Å². The Morgan fingerprint density at radius 2 is 1.82 bits per heavy atom. The van der Waals surface area contributed by atoms with E-state index in [1.807, 2.05) is 0 Å². The molecule has 0 aliphatic rings. The Balaban J connectivity index is 1.87. The molecular weight excluding hydrogens is 547 g/mol. The van der Waals surface area contributed by atoms with Crippen molar-refractivity contribution < 1.29 is 23.1 Å². The molecular formula is C20H17Cl3N4O5S2. The van der Waals surface area contributed by atoms with Gasteiger partial charge in [0.2, 0.25) is 10.0 Å². The van der Waals surface area contributed by atoms with Crippen LogP contribution in [-0.4, -0.2) is 47.9 Å². The van der Waals surface area contributed by atoms with Gasteiger partial charge in [0.05, 0.1) is 27.6 Å². The van der Waals surface area contributed by atoms with Gasteiger partial charge in [-0.3, -0.25) is 9.59 Å². The zero-order valence-corrected chi connectivity index (χ0v) is 21.5. The molecule has 0 radical (unpaired) electrons. The van der Waals surface area contributed by atoms with Crippen molar-refractivity contribution in [2.75, 3.05) is 23.9 Å². The summed E-state index contributed by atoms with van der Waals surface area (Å²) in [5.74, 6) is -1.66. The molecule has 14 heteroatoms. The molecule has 0 aliphatic heterocycles. The molecule has 9 nitrogen and oxygen atoms in total. The highest BCUT2D eigenvalue weighted by atomic mass is 35.5. The number of sulfonamides is 1. The maximum absolute atomic E-state index is 12.9. The summed E-state index contributed by atoms with van der Waals surface area (Å²) >= 11 is 19.1. The Labute approximate surface area is 214 Å². The first-order valence-corrected chi connectivity index (χ1v) is 13.2. The SMILES string of the molecule is CN(Cc1csc(C(=O)Nc2c(O)cc(Cl)cc2C(=O)Nc2ccc(Cl)cn2)c1Cl)S(C)(=O)=O. The van der Waals surface area contributed by atoms with E-state index in [0.717, 1.165) is 28.0 Å². The normalized spacial score (nSPS) is 11.5. The molecule has 3 aromatic rings. The van der Waals surface area contributed by atoms with Gasteiger partial charge in [0.25, 0.3) is 11.8 Å². The summed E-state index contributed by atoms with van der Waals surface area (Å²) in [6.07, 6.45) is 2.39. The number of carbonyl (C=O) groups is 2. The number of carbonyl (C=O) groups excluding carboxylic acids is 2. The number of halogens is 3. The lowest BCUT2D eigenvalue weighted by atomic mass is 10.1. The molecule has 0 bridgehead atoms. The Bertz CT molecular complexity index is 1360. The number of pyridine rings is 1. The number of anilines is 2. The fourth-order valence-corrected chi connectivity index (χ4v) is 4.64. The van der Waals surface area contributed by atoms with Gasteiger partial charge in [0, 0.05) is 30.9 Å². The minimum atomic E-state index is -3.45. The van der Waals surface area contributed by atoms with Gasteiger partial charge in [0.15, 0.2) is 0 Å². The van der Waals surface area contributed by atoms with Gasteiger partial charge in [-0.2, -0.15) is 0 Å². The van der Waals surface area contributed by atoms with Crippen LogP contribution in [0.5, 0.6) is 5.75 Å². The molecule has 3 N–H and O–H groups in total. The van der Waals surface area contributed by atoms with Crippen LogP contribution in [0.1, 0.15) is 25.6 Å². The second-order valence-electron chi connectivity index (χ2n) is 7.04. The molecule has 0 fully saturated rings. The van der Waals surface area contributed by atoms with E-state index in [4.69, 9.17) is 34.8 Å². The van der Waals surface area contributed by atoms with Crippen molar-refractivity contribution >= 4 is 79.5 Å². The first-order chi connectivity index (χ1) is 15.9. The van der Waals surface area contributed by atoms with Crippen LogP contribution in [0.2, 0.25) is 15.1 Å². The van der Waals surface area contributed by atoms with Gasteiger partial charge in [-0.1, -0.05) is 34.8 Å². The van der Waals surface area contributed by atoms with Crippen LogP contribution in [0.3, 0.4) is 0 Å². The maximum Gasteiger partial charge on any atom is 0.267 e. The van der Waals surface area contributed by atoms with Gasteiger partial charge in [-0.25, -0.2) is 17.7 Å². The monoisotopic (exact) mass is 562 g/mol. The zero-order chi connectivity index (χ0) is 25.2. The third-order valence-electron chi connectivity index (χ3n) is 4.50. The number of aromatic hydroxyl groups is 1. The Morgan fingerprint density at radius 1 is 1.12 bits per heavy atom. The molecule has 1 aromatic carbocycles. The fraction of sp³-hybridized carbons (Fsp3) is 0.150. The number of thiophene rings is 1. The molecule has 0 spiro atoms. The molecule has 2 amide bonds. The van der Waals surface area contributed by atoms with Crippen LogP contribution in [0.25, 0.3) is 0 Å². The molecule has 2 heterocycles. The smallest absolute Gasteiger partial charge is 0.267 e. The van der Waals surface area contributed by atoms with Gasteiger partial charge in [0.1, 0.15) is 16.4 Å². The van der Waals surface area contributed by atoms with E-state index in [-0.39, 0.29) is 38.5 Å². The van der Waals surface area contributed by atoms with E-state index in [1.54, 1.807) is 5.38 Å². The topological polar surface area (TPSA) is 129 Å². The van der Waals surface area contributed by atoms with Gasteiger partial charge < -0.3 is 15.7 Å². The third-order valence-corrected chi connectivity index (χ3v) is 7.77. The Kier molecular flexibility index (Phi) is 8.06. The third kappa shape index (κ3) is 6.17. The van der Waals surface area contributed by atoms with Crippen molar-refractivity contribution in [2.45, 2.75) is 6.54 Å². The summed E-state index contributed by atoms with van der Waals surface area (Å²) in [7, 11) is -2.07. The number of aromatic nitrogens is 1. The molecule has 3 rings (SSSR count). The van der Waals surface area contributed by atoms with E-state index in [9.17, 15) is 23.1 Å². The summed E-state index contributed by atoms with van der Waals surface area (Å²) in [5.41, 5.74) is 0.108. The summed E-state index contributed by atoms with van der Waals surface area (Å²) < 4.78 is 24.4. The maximum atomic E-state index is 12.9. The zero-order valence-electron chi connectivity index (χ0n) is 17.6. The Morgan fingerprint density at radius 3 is 2.44 bits per heavy atom. The summed E-state index contributed by atoms with van der Waals surface area (Å²) in [5, 5.41) is 17.4. The minimum absolute atomic E-state index is 0.0324. The van der Waals surface area contributed by atoms with Gasteiger partial charge >= 0.3 is 0 Å².